The van der Waals surface area contributed by atoms with Crippen LogP contribution in [0, 0.1) is 0 Å². The van der Waals surface area contributed by atoms with E-state index >= 15 is 0 Å². The van der Waals surface area contributed by atoms with Gasteiger partial charge in [0, 0.05) is 25.7 Å². The average Bonchev–Trinajstić information content (AvgIpc) is 3.31. The van der Waals surface area contributed by atoms with Gasteiger partial charge >= 0.3 is 35.8 Å². The topological polar surface area (TPSA) is 158 Å². The van der Waals surface area contributed by atoms with Gasteiger partial charge in [-0.15, -0.1) is 0 Å². The monoisotopic (exact) mass is 931 g/mol. The van der Waals surface area contributed by atoms with E-state index in [1.54, 1.807) is 24.3 Å². The number of hydrogen-bond donors (Lipinski definition) is 0. The fraction of sp³-hybridized carbons (Fsp3) is 0.778. The third-order valence-electron chi connectivity index (χ3n) is 12.1. The molecule has 0 bridgehead atoms. The highest BCUT2D eigenvalue weighted by molar-refractivity contribution is 5.93. The molecule has 0 aliphatic carbocycles. The highest BCUT2D eigenvalue weighted by atomic mass is 16.6. The molecule has 0 N–H and O–H groups in total. The van der Waals surface area contributed by atoms with Gasteiger partial charge in [0.05, 0.1) is 25.3 Å². The number of ether oxygens (including phenoxy) is 6. The molecule has 0 saturated heterocycles. The zero-order valence-corrected chi connectivity index (χ0v) is 42.1. The molecule has 0 saturated carbocycles. The van der Waals surface area contributed by atoms with E-state index in [1.807, 2.05) is 13.8 Å². The molecule has 1 aromatic rings. The lowest BCUT2D eigenvalue weighted by Gasteiger charge is -2.28. The Morgan fingerprint density at radius 2 is 0.606 bits per heavy atom. The summed E-state index contributed by atoms with van der Waals surface area (Å²) in [6.45, 7) is 8.22. The molecule has 0 heterocycles. The Hall–Kier alpha value is -3.96. The maximum absolute atomic E-state index is 13.8. The van der Waals surface area contributed by atoms with Gasteiger partial charge in [-0.3, -0.25) is 19.2 Å². The Bertz CT molecular complexity index is 1440. The number of carbonyl (C=O) groups excluding carboxylic acids is 6. The molecule has 12 nitrogen and oxygen atoms in total. The van der Waals surface area contributed by atoms with Gasteiger partial charge in [0.1, 0.15) is 24.4 Å². The summed E-state index contributed by atoms with van der Waals surface area (Å²) in [7, 11) is 2.79. The highest BCUT2D eigenvalue weighted by Crippen LogP contribution is 2.25. The number of unbranched alkanes of at least 4 members (excludes halogenated alkanes) is 18. The number of esters is 6. The predicted octanol–water partition coefficient (Wildman–Crippen LogP) is 13.5. The molecular formula is C54H90O12. The minimum Gasteiger partial charge on any atom is -0.469 e. The summed E-state index contributed by atoms with van der Waals surface area (Å²) in [5, 5.41) is 0. The van der Waals surface area contributed by atoms with Crippen molar-refractivity contribution in [1.82, 2.24) is 0 Å². The van der Waals surface area contributed by atoms with Crippen LogP contribution < -0.4 is 0 Å². The summed E-state index contributed by atoms with van der Waals surface area (Å²) < 4.78 is 34.0. The SMILES string of the molecule is CCCCCCCCC(OC(=O)CCC)C(CCCCCCCC(=O)OC)OC(=O)c1ccc(C(=O)OC(CCCCCCCC)C(CCCCCCCC(=O)OC)OC(=O)CCC)cc1. The van der Waals surface area contributed by atoms with Crippen LogP contribution in [0.5, 0.6) is 0 Å². The van der Waals surface area contributed by atoms with E-state index in [-0.39, 0.29) is 47.8 Å². The summed E-state index contributed by atoms with van der Waals surface area (Å²) in [4.78, 5) is 76.5. The van der Waals surface area contributed by atoms with Crippen molar-refractivity contribution >= 4 is 35.8 Å². The molecule has 378 valence electrons. The standard InChI is InChI=1S/C54H90O12/c1-7-11-13-15-19-25-33-45(63-51(57)31-9-3)48(36-28-22-18-24-30-38-50(56)62-6)66-54(60)44-41-39-43(40-42-44)53(59)65-47(35-27-20-16-14-12-8-2)46(64-52(58)32-10-4)34-26-21-17-23-29-37-49(55)61-5/h39-42,45-48H,7-38H2,1-6H3. The lowest BCUT2D eigenvalue weighted by atomic mass is 9.98. The van der Waals surface area contributed by atoms with Gasteiger partial charge in [0.15, 0.2) is 0 Å². The third-order valence-corrected chi connectivity index (χ3v) is 12.1. The molecule has 0 spiro atoms. The lowest BCUT2D eigenvalue weighted by molar-refractivity contribution is -0.157. The van der Waals surface area contributed by atoms with Gasteiger partial charge in [-0.2, -0.15) is 0 Å². The van der Waals surface area contributed by atoms with E-state index in [4.69, 9.17) is 28.4 Å². The molecule has 0 aliphatic heterocycles. The van der Waals surface area contributed by atoms with E-state index in [0.29, 0.717) is 51.4 Å². The van der Waals surface area contributed by atoms with Crippen LogP contribution in [0.2, 0.25) is 0 Å². The molecule has 12 heteroatoms. The number of rotatable bonds is 42. The van der Waals surface area contributed by atoms with E-state index in [9.17, 15) is 28.8 Å². The van der Waals surface area contributed by atoms with Crippen LogP contribution in [0.4, 0.5) is 0 Å². The van der Waals surface area contributed by atoms with Crippen molar-refractivity contribution in [2.75, 3.05) is 14.2 Å². The van der Waals surface area contributed by atoms with Gasteiger partial charge in [-0.05, 0) is 101 Å². The minimum absolute atomic E-state index is 0.210. The second-order valence-corrected chi connectivity index (χ2v) is 17.9. The van der Waals surface area contributed by atoms with Crippen LogP contribution in [-0.2, 0) is 47.6 Å². The van der Waals surface area contributed by atoms with E-state index in [2.05, 4.69) is 13.8 Å². The van der Waals surface area contributed by atoms with E-state index < -0.39 is 36.4 Å². The molecule has 4 atom stereocenters. The quantitative estimate of drug-likeness (QED) is 0.0348. The normalized spacial score (nSPS) is 12.9. The Morgan fingerprint density at radius 3 is 0.894 bits per heavy atom. The molecule has 0 amide bonds. The van der Waals surface area contributed by atoms with E-state index in [1.165, 1.54) is 27.1 Å². The van der Waals surface area contributed by atoms with Crippen LogP contribution in [0.15, 0.2) is 24.3 Å². The zero-order valence-electron chi connectivity index (χ0n) is 42.1. The Kier molecular flexibility index (Phi) is 36.5. The second kappa shape index (κ2) is 40.1. The number of carbonyl (C=O) groups is 6. The van der Waals surface area contributed by atoms with Gasteiger partial charge in [0.2, 0.25) is 0 Å². The Balaban J connectivity index is 3.23. The average molecular weight is 931 g/mol. The maximum atomic E-state index is 13.8. The zero-order chi connectivity index (χ0) is 48.6. The van der Waals surface area contributed by atoms with Crippen LogP contribution >= 0.6 is 0 Å². The molecule has 66 heavy (non-hydrogen) atoms. The summed E-state index contributed by atoms with van der Waals surface area (Å²) in [6.07, 6.45) is 23.6. The van der Waals surface area contributed by atoms with Crippen molar-refractivity contribution in [2.24, 2.45) is 0 Å². The van der Waals surface area contributed by atoms with Crippen molar-refractivity contribution in [1.29, 1.82) is 0 Å². The molecule has 1 rings (SSSR count). The minimum atomic E-state index is -0.649. The lowest BCUT2D eigenvalue weighted by Crippen LogP contribution is -2.36. The first-order valence-electron chi connectivity index (χ1n) is 26.1. The summed E-state index contributed by atoms with van der Waals surface area (Å²) in [6, 6.07) is 6.24. The molecule has 4 unspecified atom stereocenters. The smallest absolute Gasteiger partial charge is 0.338 e. The number of hydrogen-bond acceptors (Lipinski definition) is 12. The molecule has 0 fully saturated rings. The molecule has 0 aliphatic rings. The fourth-order valence-corrected chi connectivity index (χ4v) is 8.05. The first-order valence-corrected chi connectivity index (χ1v) is 26.1. The largest absolute Gasteiger partial charge is 0.469 e. The van der Waals surface area contributed by atoms with Crippen LogP contribution in [0.1, 0.15) is 254 Å². The number of methoxy groups -OCH3 is 2. The molecular weight excluding hydrogens is 841 g/mol. The summed E-state index contributed by atoms with van der Waals surface area (Å²) >= 11 is 0. The van der Waals surface area contributed by atoms with Crippen molar-refractivity contribution in [3.8, 4) is 0 Å². The fourth-order valence-electron chi connectivity index (χ4n) is 8.05. The van der Waals surface area contributed by atoms with Crippen molar-refractivity contribution in [3.63, 3.8) is 0 Å². The molecule has 0 radical (unpaired) electrons. The van der Waals surface area contributed by atoms with Crippen molar-refractivity contribution in [3.05, 3.63) is 35.4 Å². The van der Waals surface area contributed by atoms with Crippen molar-refractivity contribution < 1.29 is 57.2 Å². The second-order valence-electron chi connectivity index (χ2n) is 17.9. The van der Waals surface area contributed by atoms with Crippen LogP contribution in [-0.4, -0.2) is 74.5 Å². The van der Waals surface area contributed by atoms with Gasteiger partial charge < -0.3 is 28.4 Å². The van der Waals surface area contributed by atoms with Crippen LogP contribution in [0.25, 0.3) is 0 Å². The van der Waals surface area contributed by atoms with Gasteiger partial charge in [-0.1, -0.05) is 130 Å². The Morgan fingerprint density at radius 1 is 0.333 bits per heavy atom. The van der Waals surface area contributed by atoms with Gasteiger partial charge in [-0.25, -0.2) is 9.59 Å². The third kappa shape index (κ3) is 29.6. The molecule has 0 aromatic heterocycles. The van der Waals surface area contributed by atoms with Gasteiger partial charge in [0.25, 0.3) is 0 Å². The summed E-state index contributed by atoms with van der Waals surface area (Å²) in [5.74, 6) is -2.16. The first kappa shape index (κ1) is 60.1. The highest BCUT2D eigenvalue weighted by Gasteiger charge is 2.31. The Labute approximate surface area is 399 Å². The predicted molar refractivity (Wildman–Crippen MR) is 259 cm³/mol. The van der Waals surface area contributed by atoms with Crippen LogP contribution in [0.3, 0.4) is 0 Å². The summed E-state index contributed by atoms with van der Waals surface area (Å²) in [5.41, 5.74) is 0.529. The number of benzene rings is 1. The first-order chi connectivity index (χ1) is 32.0. The maximum Gasteiger partial charge on any atom is 0.338 e. The van der Waals surface area contributed by atoms with E-state index in [0.717, 1.165) is 128 Å². The molecule has 1 aromatic carbocycles. The van der Waals surface area contributed by atoms with Crippen molar-refractivity contribution in [2.45, 2.75) is 258 Å².